The summed E-state index contributed by atoms with van der Waals surface area (Å²) in [6, 6.07) is 16.4. The molecular formula is C20H20N2OS. The first-order valence-corrected chi connectivity index (χ1v) is 9.31. The number of likely N-dealkylation sites (tertiary alicyclic amines) is 1. The number of amides is 1. The van der Waals surface area contributed by atoms with Gasteiger partial charge in [0.25, 0.3) is 5.91 Å². The minimum Gasteiger partial charge on any atom is -0.336 e. The van der Waals surface area contributed by atoms with E-state index in [4.69, 9.17) is 4.98 Å². The lowest BCUT2D eigenvalue weighted by Gasteiger charge is -2.33. The monoisotopic (exact) mass is 336 g/mol. The largest absolute Gasteiger partial charge is 0.336 e. The van der Waals surface area contributed by atoms with Gasteiger partial charge in [-0.15, -0.1) is 11.3 Å². The minimum atomic E-state index is 0.144. The molecule has 2 aromatic carbocycles. The van der Waals surface area contributed by atoms with Crippen molar-refractivity contribution in [3.8, 4) is 10.6 Å². The van der Waals surface area contributed by atoms with E-state index in [0.29, 0.717) is 6.04 Å². The van der Waals surface area contributed by atoms with Crippen molar-refractivity contribution in [1.29, 1.82) is 0 Å². The zero-order chi connectivity index (χ0) is 16.5. The van der Waals surface area contributed by atoms with Crippen LogP contribution >= 0.6 is 11.3 Å². The molecule has 0 spiro atoms. The number of hydrogen-bond acceptors (Lipinski definition) is 3. The lowest BCUT2D eigenvalue weighted by atomic mass is 10.0. The summed E-state index contributed by atoms with van der Waals surface area (Å²) in [5.41, 5.74) is 2.80. The SMILES string of the molecule is CC1CCCCN1C(=O)c1cccc(-c2nc3ccccc3s2)c1. The highest BCUT2D eigenvalue weighted by Crippen LogP contribution is 2.30. The Labute approximate surface area is 146 Å². The first-order chi connectivity index (χ1) is 11.7. The third-order valence-electron chi connectivity index (χ3n) is 4.71. The predicted molar refractivity (Wildman–Crippen MR) is 99.4 cm³/mol. The van der Waals surface area contributed by atoms with E-state index >= 15 is 0 Å². The molecule has 1 unspecified atom stereocenters. The highest BCUT2D eigenvalue weighted by molar-refractivity contribution is 7.21. The molecule has 1 atom stereocenters. The fourth-order valence-corrected chi connectivity index (χ4v) is 4.31. The zero-order valence-corrected chi connectivity index (χ0v) is 14.6. The second-order valence-corrected chi connectivity index (χ2v) is 7.44. The summed E-state index contributed by atoms with van der Waals surface area (Å²) in [6.45, 7) is 3.01. The predicted octanol–water partition coefficient (Wildman–Crippen LogP) is 4.98. The average molecular weight is 336 g/mol. The molecule has 0 saturated carbocycles. The summed E-state index contributed by atoms with van der Waals surface area (Å²) in [5, 5.41) is 0.970. The van der Waals surface area contributed by atoms with Crippen molar-refractivity contribution in [3.63, 3.8) is 0 Å². The van der Waals surface area contributed by atoms with Crippen LogP contribution in [0.2, 0.25) is 0 Å². The second kappa shape index (κ2) is 6.36. The number of fused-ring (bicyclic) bond motifs is 1. The van der Waals surface area contributed by atoms with Crippen LogP contribution in [0.25, 0.3) is 20.8 Å². The van der Waals surface area contributed by atoms with Crippen LogP contribution in [0.5, 0.6) is 0 Å². The van der Waals surface area contributed by atoms with Gasteiger partial charge in [-0.25, -0.2) is 4.98 Å². The Morgan fingerprint density at radius 3 is 2.88 bits per heavy atom. The maximum atomic E-state index is 12.9. The van der Waals surface area contributed by atoms with Gasteiger partial charge in [-0.05, 0) is 50.5 Å². The molecule has 1 amide bonds. The van der Waals surface area contributed by atoms with Gasteiger partial charge in [0.05, 0.1) is 10.2 Å². The molecule has 1 aliphatic rings. The first-order valence-electron chi connectivity index (χ1n) is 8.49. The fourth-order valence-electron chi connectivity index (χ4n) is 3.35. The number of benzene rings is 2. The molecule has 4 rings (SSSR count). The summed E-state index contributed by atoms with van der Waals surface area (Å²) in [4.78, 5) is 19.6. The van der Waals surface area contributed by atoms with E-state index in [1.807, 2.05) is 47.4 Å². The van der Waals surface area contributed by atoms with E-state index in [1.165, 1.54) is 11.1 Å². The quantitative estimate of drug-likeness (QED) is 0.661. The van der Waals surface area contributed by atoms with E-state index < -0.39 is 0 Å². The molecule has 0 radical (unpaired) electrons. The molecular weight excluding hydrogens is 316 g/mol. The van der Waals surface area contributed by atoms with Gasteiger partial charge < -0.3 is 4.90 Å². The molecule has 3 nitrogen and oxygen atoms in total. The summed E-state index contributed by atoms with van der Waals surface area (Å²) < 4.78 is 1.17. The number of hydrogen-bond donors (Lipinski definition) is 0. The maximum Gasteiger partial charge on any atom is 0.254 e. The van der Waals surface area contributed by atoms with Gasteiger partial charge in [0.1, 0.15) is 5.01 Å². The summed E-state index contributed by atoms with van der Waals surface area (Å²) in [6.07, 6.45) is 3.42. The molecule has 0 N–H and O–H groups in total. The Morgan fingerprint density at radius 2 is 2.04 bits per heavy atom. The number of piperidine rings is 1. The van der Waals surface area contributed by atoms with Gasteiger partial charge >= 0.3 is 0 Å². The van der Waals surface area contributed by atoms with Crippen molar-refractivity contribution in [3.05, 3.63) is 54.1 Å². The normalized spacial score (nSPS) is 18.0. The van der Waals surface area contributed by atoms with Crippen molar-refractivity contribution < 1.29 is 4.79 Å². The highest BCUT2D eigenvalue weighted by atomic mass is 32.1. The molecule has 3 aromatic rings. The number of nitrogens with zero attached hydrogens (tertiary/aromatic N) is 2. The van der Waals surface area contributed by atoms with Crippen LogP contribution in [0, 0.1) is 0 Å². The molecule has 1 aromatic heterocycles. The number of rotatable bonds is 2. The Balaban J connectivity index is 1.67. The van der Waals surface area contributed by atoms with E-state index in [-0.39, 0.29) is 5.91 Å². The number of aromatic nitrogens is 1. The average Bonchev–Trinajstić information content (AvgIpc) is 3.06. The van der Waals surface area contributed by atoms with E-state index in [9.17, 15) is 4.79 Å². The molecule has 1 fully saturated rings. The fraction of sp³-hybridized carbons (Fsp3) is 0.300. The Kier molecular flexibility index (Phi) is 4.07. The van der Waals surface area contributed by atoms with E-state index in [2.05, 4.69) is 13.0 Å². The maximum absolute atomic E-state index is 12.9. The van der Waals surface area contributed by atoms with Crippen molar-refractivity contribution in [2.75, 3.05) is 6.54 Å². The molecule has 4 heteroatoms. The lowest BCUT2D eigenvalue weighted by Crippen LogP contribution is -2.42. The van der Waals surface area contributed by atoms with Crippen LogP contribution in [0.3, 0.4) is 0 Å². The zero-order valence-electron chi connectivity index (χ0n) is 13.7. The van der Waals surface area contributed by atoms with Gasteiger partial charge in [0.15, 0.2) is 0 Å². The number of carbonyl (C=O) groups is 1. The Morgan fingerprint density at radius 1 is 1.17 bits per heavy atom. The first kappa shape index (κ1) is 15.3. The van der Waals surface area contributed by atoms with Crippen LogP contribution in [0.4, 0.5) is 0 Å². The van der Waals surface area contributed by atoms with Gasteiger partial charge in [0.2, 0.25) is 0 Å². The topological polar surface area (TPSA) is 33.2 Å². The number of carbonyl (C=O) groups excluding carboxylic acids is 1. The standard InChI is InChI=1S/C20H20N2OS/c1-14-7-4-5-12-22(14)20(23)16-9-6-8-15(13-16)19-21-17-10-2-3-11-18(17)24-19/h2-3,6,8-11,13-14H,4-5,7,12H2,1H3. The second-order valence-electron chi connectivity index (χ2n) is 6.41. The Bertz CT molecular complexity index is 853. The third kappa shape index (κ3) is 2.82. The van der Waals surface area contributed by atoms with Crippen molar-refractivity contribution in [2.24, 2.45) is 0 Å². The third-order valence-corrected chi connectivity index (χ3v) is 5.80. The van der Waals surface area contributed by atoms with Gasteiger partial charge in [0, 0.05) is 23.7 Å². The molecule has 24 heavy (non-hydrogen) atoms. The molecule has 122 valence electrons. The van der Waals surface area contributed by atoms with Crippen LogP contribution < -0.4 is 0 Å². The molecule has 0 bridgehead atoms. The summed E-state index contributed by atoms with van der Waals surface area (Å²) in [7, 11) is 0. The highest BCUT2D eigenvalue weighted by Gasteiger charge is 2.24. The van der Waals surface area contributed by atoms with Gasteiger partial charge in [-0.2, -0.15) is 0 Å². The Hall–Kier alpha value is -2.20. The van der Waals surface area contributed by atoms with Crippen molar-refractivity contribution in [1.82, 2.24) is 9.88 Å². The van der Waals surface area contributed by atoms with Crippen molar-refractivity contribution >= 4 is 27.5 Å². The summed E-state index contributed by atoms with van der Waals surface area (Å²) >= 11 is 1.67. The molecule has 0 aliphatic carbocycles. The lowest BCUT2D eigenvalue weighted by molar-refractivity contribution is 0.0635. The smallest absolute Gasteiger partial charge is 0.254 e. The van der Waals surface area contributed by atoms with E-state index in [1.54, 1.807) is 11.3 Å². The molecule has 2 heterocycles. The van der Waals surface area contributed by atoms with E-state index in [0.717, 1.165) is 41.0 Å². The number of thiazole rings is 1. The molecule has 1 aliphatic heterocycles. The van der Waals surface area contributed by atoms with Crippen LogP contribution in [-0.2, 0) is 0 Å². The van der Waals surface area contributed by atoms with Gasteiger partial charge in [-0.3, -0.25) is 4.79 Å². The van der Waals surface area contributed by atoms with Crippen LogP contribution in [0.15, 0.2) is 48.5 Å². The summed E-state index contributed by atoms with van der Waals surface area (Å²) in [5.74, 6) is 0.144. The van der Waals surface area contributed by atoms with Crippen LogP contribution in [0.1, 0.15) is 36.5 Å². The minimum absolute atomic E-state index is 0.144. The van der Waals surface area contributed by atoms with Crippen LogP contribution in [-0.4, -0.2) is 28.4 Å². The molecule has 1 saturated heterocycles. The van der Waals surface area contributed by atoms with Crippen molar-refractivity contribution in [2.45, 2.75) is 32.2 Å². The van der Waals surface area contributed by atoms with Gasteiger partial charge in [-0.1, -0.05) is 24.3 Å². The number of para-hydroxylation sites is 1.